The molecule has 0 atom stereocenters. The molecule has 0 aliphatic rings. The molecule has 0 radical (unpaired) electrons. The number of rotatable bonds is 7. The fraction of sp³-hybridized carbons (Fsp3) is 0.176. The number of halogens is 2. The molecule has 0 saturated heterocycles. The molecule has 2 aromatic rings. The van der Waals surface area contributed by atoms with Crippen molar-refractivity contribution in [2.45, 2.75) is 19.4 Å². The van der Waals surface area contributed by atoms with Crippen molar-refractivity contribution in [3.8, 4) is 0 Å². The number of amides is 1. The molecule has 7 nitrogen and oxygen atoms in total. The number of nitrogens with one attached hydrogen (secondary N) is 1. The lowest BCUT2D eigenvalue weighted by molar-refractivity contribution is -0.496. The van der Waals surface area contributed by atoms with Crippen molar-refractivity contribution in [3.05, 3.63) is 73.2 Å². The average Bonchev–Trinajstić information content (AvgIpc) is 2.55. The largest absolute Gasteiger partial charge is 0.545 e. The number of nitrogens with zero attached hydrogens (tertiary/aromatic N) is 1. The van der Waals surface area contributed by atoms with Crippen LogP contribution in [0, 0.1) is 10.1 Å². The number of carboxylic acids is 1. The van der Waals surface area contributed by atoms with Gasteiger partial charge in [-0.1, -0.05) is 47.5 Å². The standard InChI is InChI=1S/C17H14Cl2N2O5/c18-12-6-4-10(14(19)8-12)5-7-15(22)20-16-11(9-21(25)26)2-1-3-13(16)17(23)24/h1-4,6,8H,5,7,9H2,(H,20,22)(H,23,24)/p-1. The molecular formula is C17H13Cl2N2O5-. The van der Waals surface area contributed by atoms with E-state index < -0.39 is 23.3 Å². The number of carboxylic acid groups (broad SMARTS) is 1. The first kappa shape index (κ1) is 19.7. The minimum atomic E-state index is -1.54. The maximum atomic E-state index is 12.2. The van der Waals surface area contributed by atoms with Crippen LogP contribution < -0.4 is 10.4 Å². The summed E-state index contributed by atoms with van der Waals surface area (Å²) in [6.07, 6.45) is 0.292. The Labute approximate surface area is 158 Å². The molecule has 2 aromatic carbocycles. The highest BCUT2D eigenvalue weighted by Gasteiger charge is 2.16. The van der Waals surface area contributed by atoms with Gasteiger partial charge in [0.1, 0.15) is 0 Å². The summed E-state index contributed by atoms with van der Waals surface area (Å²) in [5, 5.41) is 25.3. The van der Waals surface area contributed by atoms with Crippen molar-refractivity contribution in [2.24, 2.45) is 0 Å². The van der Waals surface area contributed by atoms with E-state index >= 15 is 0 Å². The molecule has 136 valence electrons. The van der Waals surface area contributed by atoms with Gasteiger partial charge in [0.15, 0.2) is 0 Å². The van der Waals surface area contributed by atoms with Crippen molar-refractivity contribution in [1.29, 1.82) is 0 Å². The highest BCUT2D eigenvalue weighted by atomic mass is 35.5. The van der Waals surface area contributed by atoms with Crippen LogP contribution in [0.15, 0.2) is 36.4 Å². The zero-order valence-electron chi connectivity index (χ0n) is 13.3. The van der Waals surface area contributed by atoms with Crippen molar-refractivity contribution < 1.29 is 19.6 Å². The molecule has 0 aliphatic carbocycles. The van der Waals surface area contributed by atoms with E-state index in [-0.39, 0.29) is 23.2 Å². The number of carbonyl (C=O) groups excluding carboxylic acids is 2. The lowest BCUT2D eigenvalue weighted by atomic mass is 10.1. The van der Waals surface area contributed by atoms with E-state index in [1.165, 1.54) is 18.2 Å². The van der Waals surface area contributed by atoms with Gasteiger partial charge >= 0.3 is 0 Å². The molecule has 0 fully saturated rings. The van der Waals surface area contributed by atoms with Crippen molar-refractivity contribution >= 4 is 40.8 Å². The highest BCUT2D eigenvalue weighted by molar-refractivity contribution is 6.35. The number of nitro groups is 1. The minimum Gasteiger partial charge on any atom is -0.545 e. The summed E-state index contributed by atoms with van der Waals surface area (Å²) in [5.74, 6) is -2.04. The highest BCUT2D eigenvalue weighted by Crippen LogP contribution is 2.24. The summed E-state index contributed by atoms with van der Waals surface area (Å²) in [4.78, 5) is 33.6. The Morgan fingerprint density at radius 1 is 1.12 bits per heavy atom. The second-order valence-electron chi connectivity index (χ2n) is 5.40. The number of hydrogen-bond donors (Lipinski definition) is 1. The molecule has 0 unspecified atom stereocenters. The maximum absolute atomic E-state index is 12.2. The van der Waals surface area contributed by atoms with Crippen LogP contribution in [-0.2, 0) is 17.8 Å². The molecule has 1 N–H and O–H groups in total. The topological polar surface area (TPSA) is 112 Å². The summed E-state index contributed by atoms with van der Waals surface area (Å²) in [6, 6.07) is 8.82. The van der Waals surface area contributed by atoms with Gasteiger partial charge in [0, 0.05) is 32.5 Å². The third-order valence-corrected chi connectivity index (χ3v) is 4.16. The van der Waals surface area contributed by atoms with Gasteiger partial charge in [0.2, 0.25) is 12.5 Å². The Bertz CT molecular complexity index is 870. The van der Waals surface area contributed by atoms with Crippen LogP contribution in [0.4, 0.5) is 5.69 Å². The van der Waals surface area contributed by atoms with Crippen molar-refractivity contribution in [1.82, 2.24) is 0 Å². The lowest BCUT2D eigenvalue weighted by Gasteiger charge is -2.15. The molecule has 0 saturated carbocycles. The average molecular weight is 396 g/mol. The number of carbonyl (C=O) groups is 2. The van der Waals surface area contributed by atoms with E-state index in [1.807, 2.05) is 0 Å². The smallest absolute Gasteiger partial charge is 0.230 e. The Morgan fingerprint density at radius 2 is 1.85 bits per heavy atom. The first-order valence-electron chi connectivity index (χ1n) is 7.46. The zero-order valence-corrected chi connectivity index (χ0v) is 14.8. The van der Waals surface area contributed by atoms with Crippen molar-refractivity contribution in [3.63, 3.8) is 0 Å². The van der Waals surface area contributed by atoms with Gasteiger partial charge in [-0.05, 0) is 24.1 Å². The van der Waals surface area contributed by atoms with Crippen LogP contribution in [0.5, 0.6) is 0 Å². The van der Waals surface area contributed by atoms with Crippen molar-refractivity contribution in [2.75, 3.05) is 5.32 Å². The third kappa shape index (κ3) is 5.18. The minimum absolute atomic E-state index is 0.000634. The maximum Gasteiger partial charge on any atom is 0.230 e. The molecule has 26 heavy (non-hydrogen) atoms. The first-order valence-corrected chi connectivity index (χ1v) is 8.22. The number of para-hydroxylation sites is 1. The van der Waals surface area contributed by atoms with Crippen LogP contribution in [0.2, 0.25) is 10.0 Å². The van der Waals surface area contributed by atoms with E-state index in [4.69, 9.17) is 23.2 Å². The molecule has 9 heteroatoms. The van der Waals surface area contributed by atoms with Crippen LogP contribution in [0.1, 0.15) is 27.9 Å². The first-order chi connectivity index (χ1) is 12.3. The van der Waals surface area contributed by atoms with Gasteiger partial charge in [-0.25, -0.2) is 0 Å². The molecular weight excluding hydrogens is 383 g/mol. The van der Waals surface area contributed by atoms with E-state index in [0.29, 0.717) is 22.0 Å². The summed E-state index contributed by atoms with van der Waals surface area (Å²) < 4.78 is 0. The second kappa shape index (κ2) is 8.64. The van der Waals surface area contributed by atoms with Crippen LogP contribution >= 0.6 is 23.2 Å². The summed E-state index contributed by atoms with van der Waals surface area (Å²) in [7, 11) is 0. The quantitative estimate of drug-likeness (QED) is 0.571. The van der Waals surface area contributed by atoms with E-state index in [0.717, 1.165) is 0 Å². The normalized spacial score (nSPS) is 10.4. The Morgan fingerprint density at radius 3 is 2.46 bits per heavy atom. The van der Waals surface area contributed by atoms with E-state index in [9.17, 15) is 24.8 Å². The second-order valence-corrected chi connectivity index (χ2v) is 6.25. The Balaban J connectivity index is 2.17. The van der Waals surface area contributed by atoms with E-state index in [1.54, 1.807) is 18.2 Å². The van der Waals surface area contributed by atoms with Gasteiger partial charge in [0.05, 0.1) is 11.7 Å². The van der Waals surface area contributed by atoms with Crippen LogP contribution in [0.3, 0.4) is 0 Å². The number of benzene rings is 2. The van der Waals surface area contributed by atoms with Crippen LogP contribution in [-0.4, -0.2) is 16.8 Å². The number of aromatic carboxylic acids is 1. The molecule has 1 amide bonds. The van der Waals surface area contributed by atoms with Gasteiger partial charge in [-0.3, -0.25) is 14.9 Å². The number of hydrogen-bond acceptors (Lipinski definition) is 5. The summed E-state index contributed by atoms with van der Waals surface area (Å²) >= 11 is 11.9. The lowest BCUT2D eigenvalue weighted by Crippen LogP contribution is -2.26. The molecule has 0 aromatic heterocycles. The number of anilines is 1. The van der Waals surface area contributed by atoms with Gasteiger partial charge in [-0.2, -0.15) is 0 Å². The Kier molecular flexibility index (Phi) is 6.54. The molecule has 0 spiro atoms. The molecule has 2 rings (SSSR count). The van der Waals surface area contributed by atoms with Crippen LogP contribution in [0.25, 0.3) is 0 Å². The van der Waals surface area contributed by atoms with Gasteiger partial charge in [-0.15, -0.1) is 0 Å². The fourth-order valence-corrected chi connectivity index (χ4v) is 2.87. The molecule has 0 aliphatic heterocycles. The molecule has 0 bridgehead atoms. The fourth-order valence-electron chi connectivity index (χ4n) is 2.36. The van der Waals surface area contributed by atoms with Gasteiger partial charge < -0.3 is 15.2 Å². The zero-order chi connectivity index (χ0) is 19.3. The van der Waals surface area contributed by atoms with Gasteiger partial charge in [0.25, 0.3) is 0 Å². The monoisotopic (exact) mass is 395 g/mol. The number of aryl methyl sites for hydroxylation is 1. The molecule has 0 heterocycles. The summed E-state index contributed by atoms with van der Waals surface area (Å²) in [6.45, 7) is -0.625. The predicted octanol–water partition coefficient (Wildman–Crippen LogP) is 2.70. The Hall–Kier alpha value is -2.64. The summed E-state index contributed by atoms with van der Waals surface area (Å²) in [5.41, 5.74) is 0.332. The predicted molar refractivity (Wildman–Crippen MR) is 94.9 cm³/mol. The van der Waals surface area contributed by atoms with E-state index in [2.05, 4.69) is 5.32 Å². The SMILES string of the molecule is O=C(CCc1ccc(Cl)cc1Cl)Nc1c(C[N+](=O)[O-])cccc1C(=O)[O-]. The third-order valence-electron chi connectivity index (χ3n) is 3.57.